The van der Waals surface area contributed by atoms with Gasteiger partial charge < -0.3 is 10.6 Å². The maximum Gasteiger partial charge on any atom is 0.130 e. The standard InChI is InChI=1S/C15H17FN2/c1-11(17)15-13(16)9-6-10-14(15)18(2)12-7-4-3-5-8-12/h3-11H,17H2,1-2H3/t11-/m0/s1. The molecule has 0 spiro atoms. The van der Waals surface area contributed by atoms with Crippen LogP contribution >= 0.6 is 0 Å². The van der Waals surface area contributed by atoms with Crippen molar-refractivity contribution in [3.63, 3.8) is 0 Å². The summed E-state index contributed by atoms with van der Waals surface area (Å²) in [4.78, 5) is 1.95. The summed E-state index contributed by atoms with van der Waals surface area (Å²) >= 11 is 0. The van der Waals surface area contributed by atoms with Crippen LogP contribution in [-0.4, -0.2) is 7.05 Å². The molecular weight excluding hydrogens is 227 g/mol. The van der Waals surface area contributed by atoms with E-state index in [0.717, 1.165) is 11.4 Å². The summed E-state index contributed by atoms with van der Waals surface area (Å²) in [5.41, 5.74) is 8.22. The van der Waals surface area contributed by atoms with Crippen LogP contribution in [-0.2, 0) is 0 Å². The first-order chi connectivity index (χ1) is 8.61. The summed E-state index contributed by atoms with van der Waals surface area (Å²) in [5, 5.41) is 0. The SMILES string of the molecule is C[C@H](N)c1c(F)cccc1N(C)c1ccccc1. The van der Waals surface area contributed by atoms with E-state index in [1.165, 1.54) is 6.07 Å². The number of hydrogen-bond acceptors (Lipinski definition) is 2. The lowest BCUT2D eigenvalue weighted by atomic mass is 10.0. The fourth-order valence-corrected chi connectivity index (χ4v) is 2.06. The van der Waals surface area contributed by atoms with Gasteiger partial charge in [0.2, 0.25) is 0 Å². The Bertz CT molecular complexity index is 523. The van der Waals surface area contributed by atoms with Gasteiger partial charge >= 0.3 is 0 Å². The first-order valence-corrected chi connectivity index (χ1v) is 5.94. The minimum Gasteiger partial charge on any atom is -0.344 e. The number of hydrogen-bond donors (Lipinski definition) is 1. The maximum absolute atomic E-state index is 13.9. The van der Waals surface area contributed by atoms with Crippen molar-refractivity contribution in [3.05, 3.63) is 59.9 Å². The van der Waals surface area contributed by atoms with Crippen LogP contribution in [0.15, 0.2) is 48.5 Å². The molecule has 0 unspecified atom stereocenters. The normalized spacial score (nSPS) is 12.2. The molecule has 2 nitrogen and oxygen atoms in total. The minimum absolute atomic E-state index is 0.259. The minimum atomic E-state index is -0.340. The lowest BCUT2D eigenvalue weighted by Gasteiger charge is -2.24. The molecule has 18 heavy (non-hydrogen) atoms. The number of rotatable bonds is 3. The van der Waals surface area contributed by atoms with Crippen molar-refractivity contribution in [2.24, 2.45) is 5.73 Å². The van der Waals surface area contributed by atoms with E-state index in [1.54, 1.807) is 13.0 Å². The number of nitrogens with two attached hydrogens (primary N) is 1. The molecule has 94 valence electrons. The molecule has 2 rings (SSSR count). The Morgan fingerprint density at radius 2 is 1.72 bits per heavy atom. The lowest BCUT2D eigenvalue weighted by molar-refractivity contribution is 0.594. The van der Waals surface area contributed by atoms with Gasteiger partial charge in [0, 0.05) is 30.0 Å². The zero-order valence-electron chi connectivity index (χ0n) is 10.6. The fraction of sp³-hybridized carbons (Fsp3) is 0.200. The fourth-order valence-electron chi connectivity index (χ4n) is 2.06. The van der Waals surface area contributed by atoms with E-state index >= 15 is 0 Å². The third kappa shape index (κ3) is 2.36. The van der Waals surface area contributed by atoms with Crippen molar-refractivity contribution in [2.75, 3.05) is 11.9 Å². The molecule has 3 heteroatoms. The summed E-state index contributed by atoms with van der Waals surface area (Å²) in [5.74, 6) is -0.259. The number of benzene rings is 2. The number of anilines is 2. The third-order valence-electron chi connectivity index (χ3n) is 2.99. The molecule has 0 saturated carbocycles. The smallest absolute Gasteiger partial charge is 0.130 e. The van der Waals surface area contributed by atoms with E-state index in [1.807, 2.05) is 48.3 Å². The molecule has 2 N–H and O–H groups in total. The maximum atomic E-state index is 13.9. The van der Waals surface area contributed by atoms with Gasteiger partial charge in [-0.3, -0.25) is 0 Å². The van der Waals surface area contributed by atoms with Crippen molar-refractivity contribution in [2.45, 2.75) is 13.0 Å². The van der Waals surface area contributed by atoms with Crippen LogP contribution in [0.4, 0.5) is 15.8 Å². The number of nitrogens with zero attached hydrogens (tertiary/aromatic N) is 1. The zero-order valence-corrected chi connectivity index (χ0v) is 10.6. The molecule has 0 aliphatic carbocycles. The Balaban J connectivity index is 2.48. The quantitative estimate of drug-likeness (QED) is 0.893. The topological polar surface area (TPSA) is 29.3 Å². The summed E-state index contributed by atoms with van der Waals surface area (Å²) in [6.07, 6.45) is 0. The van der Waals surface area contributed by atoms with Crippen molar-refractivity contribution >= 4 is 11.4 Å². The second-order valence-corrected chi connectivity index (χ2v) is 4.36. The predicted octanol–water partition coefficient (Wildman–Crippen LogP) is 3.61. The Morgan fingerprint density at radius 3 is 2.33 bits per heavy atom. The van der Waals surface area contributed by atoms with Crippen LogP contribution in [0.5, 0.6) is 0 Å². The molecule has 0 heterocycles. The van der Waals surface area contributed by atoms with Crippen LogP contribution in [0.1, 0.15) is 18.5 Å². The van der Waals surface area contributed by atoms with E-state index < -0.39 is 0 Å². The van der Waals surface area contributed by atoms with Gasteiger partial charge in [-0.1, -0.05) is 24.3 Å². The number of para-hydroxylation sites is 1. The molecule has 0 bridgehead atoms. The average Bonchev–Trinajstić information content (AvgIpc) is 2.38. The van der Waals surface area contributed by atoms with Gasteiger partial charge in [-0.25, -0.2) is 4.39 Å². The highest BCUT2D eigenvalue weighted by Gasteiger charge is 2.15. The Morgan fingerprint density at radius 1 is 1.06 bits per heavy atom. The van der Waals surface area contributed by atoms with E-state index in [4.69, 9.17) is 5.73 Å². The number of halogens is 1. The van der Waals surface area contributed by atoms with Gasteiger partial charge in [0.15, 0.2) is 0 Å². The van der Waals surface area contributed by atoms with Crippen molar-refractivity contribution in [1.82, 2.24) is 0 Å². The lowest BCUT2D eigenvalue weighted by Crippen LogP contribution is -2.17. The van der Waals surface area contributed by atoms with Crippen molar-refractivity contribution in [3.8, 4) is 0 Å². The van der Waals surface area contributed by atoms with Crippen LogP contribution in [0, 0.1) is 5.82 Å². The summed E-state index contributed by atoms with van der Waals surface area (Å²) in [6, 6.07) is 14.5. The van der Waals surface area contributed by atoms with Crippen LogP contribution < -0.4 is 10.6 Å². The molecule has 0 saturated heterocycles. The van der Waals surface area contributed by atoms with Crippen LogP contribution in [0.2, 0.25) is 0 Å². The molecule has 0 aromatic heterocycles. The highest BCUT2D eigenvalue weighted by molar-refractivity contribution is 5.66. The van der Waals surface area contributed by atoms with E-state index in [2.05, 4.69) is 0 Å². The van der Waals surface area contributed by atoms with Gasteiger partial charge in [0.25, 0.3) is 0 Å². The predicted molar refractivity (Wildman–Crippen MR) is 73.5 cm³/mol. The molecule has 2 aromatic rings. The largest absolute Gasteiger partial charge is 0.344 e. The highest BCUT2D eigenvalue weighted by atomic mass is 19.1. The summed E-state index contributed by atoms with van der Waals surface area (Å²) in [7, 11) is 1.91. The summed E-state index contributed by atoms with van der Waals surface area (Å²) in [6.45, 7) is 1.79. The second kappa shape index (κ2) is 5.19. The molecule has 1 atom stereocenters. The molecule has 0 fully saturated rings. The third-order valence-corrected chi connectivity index (χ3v) is 2.99. The van der Waals surface area contributed by atoms with Gasteiger partial charge in [-0.15, -0.1) is 0 Å². The van der Waals surface area contributed by atoms with Crippen molar-refractivity contribution in [1.29, 1.82) is 0 Å². The highest BCUT2D eigenvalue weighted by Crippen LogP contribution is 2.31. The zero-order chi connectivity index (χ0) is 13.1. The van der Waals surface area contributed by atoms with E-state index in [0.29, 0.717) is 5.56 Å². The van der Waals surface area contributed by atoms with Gasteiger partial charge in [0.1, 0.15) is 5.82 Å². The van der Waals surface area contributed by atoms with E-state index in [9.17, 15) is 4.39 Å². The van der Waals surface area contributed by atoms with Gasteiger partial charge in [0.05, 0.1) is 0 Å². The van der Waals surface area contributed by atoms with Gasteiger partial charge in [-0.2, -0.15) is 0 Å². The molecule has 0 amide bonds. The van der Waals surface area contributed by atoms with Crippen LogP contribution in [0.3, 0.4) is 0 Å². The first-order valence-electron chi connectivity index (χ1n) is 5.94. The van der Waals surface area contributed by atoms with E-state index in [-0.39, 0.29) is 11.9 Å². The van der Waals surface area contributed by atoms with Crippen molar-refractivity contribution < 1.29 is 4.39 Å². The molecular formula is C15H17FN2. The Labute approximate surface area is 107 Å². The van der Waals surface area contributed by atoms with Gasteiger partial charge in [-0.05, 0) is 31.2 Å². The first kappa shape index (κ1) is 12.6. The monoisotopic (exact) mass is 244 g/mol. The Kier molecular flexibility index (Phi) is 3.63. The molecule has 2 aromatic carbocycles. The molecule has 0 aliphatic heterocycles. The second-order valence-electron chi connectivity index (χ2n) is 4.36. The van der Waals surface area contributed by atoms with Crippen LogP contribution in [0.25, 0.3) is 0 Å². The molecule has 0 radical (unpaired) electrons. The summed E-state index contributed by atoms with van der Waals surface area (Å²) < 4.78 is 13.9. The molecule has 0 aliphatic rings. The Hall–Kier alpha value is -1.87. The average molecular weight is 244 g/mol.